The summed E-state index contributed by atoms with van der Waals surface area (Å²) >= 11 is 0. The SMILES string of the molecule is CCCCOS(=O)(=O)c1cc(S(=O)(=O)O)c(C=O)c2ccccc12.[H-].[Na+]. The maximum Gasteiger partial charge on any atom is 1.00 e. The average molecular weight is 396 g/mol. The van der Waals surface area contributed by atoms with Crippen molar-refractivity contribution in [2.75, 3.05) is 6.61 Å². The van der Waals surface area contributed by atoms with Gasteiger partial charge in [0.15, 0.2) is 6.29 Å². The number of rotatable bonds is 7. The van der Waals surface area contributed by atoms with Crippen molar-refractivity contribution < 1.29 is 61.3 Å². The Bertz CT molecular complexity index is 988. The third-order valence-corrected chi connectivity index (χ3v) is 5.66. The molecule has 10 heteroatoms. The minimum Gasteiger partial charge on any atom is -1.00 e. The number of aldehydes is 1. The molecule has 0 amide bonds. The summed E-state index contributed by atoms with van der Waals surface area (Å²) in [5, 5.41) is 0.240. The summed E-state index contributed by atoms with van der Waals surface area (Å²) in [5.74, 6) is 0. The number of hydrogen-bond acceptors (Lipinski definition) is 6. The summed E-state index contributed by atoms with van der Waals surface area (Å²) in [5.41, 5.74) is -0.305. The molecule has 132 valence electrons. The Balaban J connectivity index is 0.00000312. The van der Waals surface area contributed by atoms with E-state index in [9.17, 15) is 26.2 Å². The van der Waals surface area contributed by atoms with Gasteiger partial charge in [-0.15, -0.1) is 0 Å². The summed E-state index contributed by atoms with van der Waals surface area (Å²) in [6, 6.07) is 6.67. The van der Waals surface area contributed by atoms with E-state index in [1.807, 2.05) is 6.92 Å². The van der Waals surface area contributed by atoms with E-state index in [0.29, 0.717) is 6.42 Å². The number of hydrogen-bond donors (Lipinski definition) is 1. The van der Waals surface area contributed by atoms with Crippen LogP contribution in [-0.4, -0.2) is 34.3 Å². The fraction of sp³-hybridized carbons (Fsp3) is 0.267. The Kier molecular flexibility index (Phi) is 7.75. The Labute approximate surface area is 170 Å². The Morgan fingerprint density at radius 1 is 1.12 bits per heavy atom. The topological polar surface area (TPSA) is 115 Å². The molecule has 0 atom stereocenters. The van der Waals surface area contributed by atoms with E-state index in [1.54, 1.807) is 6.07 Å². The molecule has 0 saturated heterocycles. The second-order valence-corrected chi connectivity index (χ2v) is 8.03. The van der Waals surface area contributed by atoms with E-state index >= 15 is 0 Å². The fourth-order valence-corrected chi connectivity index (χ4v) is 4.21. The zero-order chi connectivity index (χ0) is 18.0. The first-order valence-corrected chi connectivity index (χ1v) is 9.95. The van der Waals surface area contributed by atoms with Crippen LogP contribution >= 0.6 is 0 Å². The molecule has 0 spiro atoms. The van der Waals surface area contributed by atoms with Gasteiger partial charge in [0, 0.05) is 10.9 Å². The van der Waals surface area contributed by atoms with Crippen molar-refractivity contribution >= 4 is 37.3 Å². The van der Waals surface area contributed by atoms with Gasteiger partial charge in [-0.05, 0) is 17.9 Å². The second-order valence-electron chi connectivity index (χ2n) is 5.05. The van der Waals surface area contributed by atoms with Gasteiger partial charge in [0.2, 0.25) is 0 Å². The van der Waals surface area contributed by atoms with Crippen molar-refractivity contribution in [3.63, 3.8) is 0 Å². The van der Waals surface area contributed by atoms with Gasteiger partial charge in [0.25, 0.3) is 20.2 Å². The van der Waals surface area contributed by atoms with E-state index < -0.39 is 30.0 Å². The normalized spacial score (nSPS) is 11.9. The predicted molar refractivity (Wildman–Crippen MR) is 88.3 cm³/mol. The fourth-order valence-electron chi connectivity index (χ4n) is 2.26. The minimum atomic E-state index is -4.80. The van der Waals surface area contributed by atoms with Gasteiger partial charge in [-0.1, -0.05) is 37.6 Å². The molecule has 7 nitrogen and oxygen atoms in total. The molecule has 1 N–H and O–H groups in total. The van der Waals surface area contributed by atoms with Crippen LogP contribution in [-0.2, 0) is 24.4 Å². The molecular weight excluding hydrogens is 379 g/mol. The Morgan fingerprint density at radius 2 is 1.72 bits per heavy atom. The number of fused-ring (bicyclic) bond motifs is 1. The first kappa shape index (κ1) is 22.2. The number of benzene rings is 2. The van der Waals surface area contributed by atoms with Crippen LogP contribution in [0.1, 0.15) is 31.6 Å². The van der Waals surface area contributed by atoms with Crippen LogP contribution in [0.5, 0.6) is 0 Å². The minimum absolute atomic E-state index is 0. The molecule has 0 aliphatic heterocycles. The summed E-state index contributed by atoms with van der Waals surface area (Å²) in [6.45, 7) is 1.81. The number of carbonyl (C=O) groups excluding carboxylic acids is 1. The van der Waals surface area contributed by atoms with E-state index in [4.69, 9.17) is 4.18 Å². The summed E-state index contributed by atoms with van der Waals surface area (Å²) in [7, 11) is -9.05. The zero-order valence-corrected chi connectivity index (χ0v) is 17.4. The quantitative estimate of drug-likeness (QED) is 0.221. The summed E-state index contributed by atoms with van der Waals surface area (Å²) in [4.78, 5) is 10.1. The van der Waals surface area contributed by atoms with Crippen molar-refractivity contribution in [2.45, 2.75) is 29.6 Å². The maximum absolute atomic E-state index is 12.4. The largest absolute Gasteiger partial charge is 1.00 e. The summed E-state index contributed by atoms with van der Waals surface area (Å²) < 4.78 is 62.2. The molecule has 0 fully saturated rings. The van der Waals surface area contributed by atoms with Crippen molar-refractivity contribution in [3.05, 3.63) is 35.9 Å². The molecular formula is C15H17NaO7S2. The monoisotopic (exact) mass is 396 g/mol. The van der Waals surface area contributed by atoms with E-state index in [-0.39, 0.29) is 60.2 Å². The molecule has 2 rings (SSSR count). The van der Waals surface area contributed by atoms with Crippen LogP contribution in [0, 0.1) is 0 Å². The van der Waals surface area contributed by atoms with Crippen LogP contribution < -0.4 is 29.6 Å². The van der Waals surface area contributed by atoms with Crippen molar-refractivity contribution in [3.8, 4) is 0 Å². The smallest absolute Gasteiger partial charge is 1.00 e. The number of unbranched alkanes of at least 4 members (excludes halogenated alkanes) is 1. The van der Waals surface area contributed by atoms with Crippen LogP contribution in [0.4, 0.5) is 0 Å². The second kappa shape index (κ2) is 8.72. The zero-order valence-electron chi connectivity index (χ0n) is 14.8. The number of carbonyl (C=O) groups is 1. The van der Waals surface area contributed by atoms with Crippen LogP contribution in [0.2, 0.25) is 0 Å². The molecule has 0 unspecified atom stereocenters. The molecule has 0 heterocycles. The molecule has 2 aromatic carbocycles. The first-order valence-electron chi connectivity index (χ1n) is 7.10. The molecule has 0 saturated carbocycles. The molecule has 25 heavy (non-hydrogen) atoms. The summed E-state index contributed by atoms with van der Waals surface area (Å²) in [6.07, 6.45) is 1.49. The van der Waals surface area contributed by atoms with Gasteiger partial charge in [-0.3, -0.25) is 13.5 Å². The molecule has 2 aromatic rings. The van der Waals surface area contributed by atoms with E-state index in [0.717, 1.165) is 12.5 Å². The van der Waals surface area contributed by atoms with Gasteiger partial charge in [-0.25, -0.2) is 0 Å². The van der Waals surface area contributed by atoms with E-state index in [2.05, 4.69) is 0 Å². The molecule has 0 aliphatic rings. The maximum atomic E-state index is 12.4. The van der Waals surface area contributed by atoms with Gasteiger partial charge in [0.1, 0.15) is 9.79 Å². The van der Waals surface area contributed by atoms with Crippen LogP contribution in [0.25, 0.3) is 10.8 Å². The molecule has 0 radical (unpaired) electrons. The van der Waals surface area contributed by atoms with E-state index in [1.165, 1.54) is 18.2 Å². The average Bonchev–Trinajstić information content (AvgIpc) is 2.52. The third-order valence-electron chi connectivity index (χ3n) is 3.41. The Hall–Kier alpha value is -0.810. The van der Waals surface area contributed by atoms with Gasteiger partial charge in [0.05, 0.1) is 6.61 Å². The first-order chi connectivity index (χ1) is 11.2. The van der Waals surface area contributed by atoms with Crippen LogP contribution in [0.3, 0.4) is 0 Å². The van der Waals surface area contributed by atoms with Gasteiger partial charge in [-0.2, -0.15) is 16.8 Å². The third kappa shape index (κ3) is 4.88. The van der Waals surface area contributed by atoms with Crippen molar-refractivity contribution in [2.24, 2.45) is 0 Å². The van der Waals surface area contributed by atoms with Crippen LogP contribution in [0.15, 0.2) is 40.1 Å². The molecule has 0 aromatic heterocycles. The standard InChI is InChI=1S/C15H16O7S2.Na.H/c1-2-3-8-22-24(20,21)15-9-14(23(17,18)19)13(10-16)11-6-4-5-7-12(11)15;;/h4-7,9-10H,2-3,8H2,1H3,(H,17,18,19);;/q;+1;-1. The van der Waals surface area contributed by atoms with Crippen molar-refractivity contribution in [1.82, 2.24) is 0 Å². The Morgan fingerprint density at radius 3 is 2.24 bits per heavy atom. The van der Waals surface area contributed by atoms with Crippen molar-refractivity contribution in [1.29, 1.82) is 0 Å². The van der Waals surface area contributed by atoms with Gasteiger partial charge < -0.3 is 1.43 Å². The van der Waals surface area contributed by atoms with Gasteiger partial charge >= 0.3 is 29.6 Å². The molecule has 0 aliphatic carbocycles. The molecule has 0 bridgehead atoms. The predicted octanol–water partition coefficient (Wildman–Crippen LogP) is -0.479.